The predicted molar refractivity (Wildman–Crippen MR) is 78.0 cm³/mol. The SMILES string of the molecule is Cc1cc(C(=O)N2CC(S(=O)(=O)c3nccn3C)C2)n(C)n1. The molecule has 0 bridgehead atoms. The molecule has 0 saturated carbocycles. The number of hydrogen-bond donors (Lipinski definition) is 0. The zero-order chi connectivity index (χ0) is 16.1. The van der Waals surface area contributed by atoms with Crippen LogP contribution in [0.5, 0.6) is 0 Å². The lowest BCUT2D eigenvalue weighted by atomic mass is 10.2. The van der Waals surface area contributed by atoms with Gasteiger partial charge in [-0.1, -0.05) is 0 Å². The van der Waals surface area contributed by atoms with Crippen molar-refractivity contribution in [3.05, 3.63) is 29.8 Å². The highest BCUT2D eigenvalue weighted by Gasteiger charge is 2.43. The minimum Gasteiger partial charge on any atom is -0.335 e. The molecule has 0 N–H and O–H groups in total. The molecule has 0 aromatic carbocycles. The monoisotopic (exact) mass is 323 g/mol. The standard InChI is InChI=1S/C13H17N5O3S/c1-9-6-11(17(3)15-9)12(19)18-7-10(8-18)22(20,21)13-14-4-5-16(13)2/h4-6,10H,7-8H2,1-3H3. The second kappa shape index (κ2) is 4.94. The van der Waals surface area contributed by atoms with Crippen LogP contribution in [-0.4, -0.2) is 56.9 Å². The Hall–Kier alpha value is -2.16. The van der Waals surface area contributed by atoms with Crippen molar-refractivity contribution in [1.29, 1.82) is 0 Å². The third kappa shape index (κ3) is 2.21. The molecule has 0 radical (unpaired) electrons. The largest absolute Gasteiger partial charge is 0.335 e. The molecule has 0 atom stereocenters. The van der Waals surface area contributed by atoms with E-state index in [1.54, 1.807) is 33.3 Å². The number of nitrogens with zero attached hydrogens (tertiary/aromatic N) is 5. The molecule has 1 saturated heterocycles. The molecule has 8 nitrogen and oxygen atoms in total. The number of hydrogen-bond acceptors (Lipinski definition) is 5. The summed E-state index contributed by atoms with van der Waals surface area (Å²) in [6, 6.07) is 1.70. The van der Waals surface area contributed by atoms with Gasteiger partial charge in [-0.2, -0.15) is 5.10 Å². The first-order valence-electron chi connectivity index (χ1n) is 6.82. The zero-order valence-electron chi connectivity index (χ0n) is 12.6. The Morgan fingerprint density at radius 1 is 1.32 bits per heavy atom. The van der Waals surface area contributed by atoms with Gasteiger partial charge in [0.05, 0.1) is 5.69 Å². The summed E-state index contributed by atoms with van der Waals surface area (Å²) in [6.07, 6.45) is 3.04. The smallest absolute Gasteiger partial charge is 0.272 e. The number of carbonyl (C=O) groups is 1. The maximum atomic E-state index is 12.4. The first-order valence-corrected chi connectivity index (χ1v) is 8.36. The molecule has 0 unspecified atom stereocenters. The lowest BCUT2D eigenvalue weighted by Gasteiger charge is -2.38. The van der Waals surface area contributed by atoms with Gasteiger partial charge in [-0.05, 0) is 13.0 Å². The molecule has 22 heavy (non-hydrogen) atoms. The second-order valence-corrected chi connectivity index (χ2v) is 7.61. The predicted octanol–water partition coefficient (Wildman–Crippen LogP) is -0.240. The highest BCUT2D eigenvalue weighted by atomic mass is 32.2. The van der Waals surface area contributed by atoms with Crippen LogP contribution in [0.25, 0.3) is 0 Å². The third-order valence-electron chi connectivity index (χ3n) is 3.83. The van der Waals surface area contributed by atoms with Crippen molar-refractivity contribution in [2.75, 3.05) is 13.1 Å². The van der Waals surface area contributed by atoms with Crippen molar-refractivity contribution in [2.45, 2.75) is 17.3 Å². The van der Waals surface area contributed by atoms with E-state index >= 15 is 0 Å². The van der Waals surface area contributed by atoms with Crippen LogP contribution in [0, 0.1) is 6.92 Å². The van der Waals surface area contributed by atoms with E-state index in [-0.39, 0.29) is 24.2 Å². The molecule has 118 valence electrons. The Labute approximate surface area is 128 Å². The molecular weight excluding hydrogens is 306 g/mol. The van der Waals surface area contributed by atoms with Crippen LogP contribution >= 0.6 is 0 Å². The van der Waals surface area contributed by atoms with E-state index in [0.717, 1.165) is 5.69 Å². The van der Waals surface area contributed by atoms with Gasteiger partial charge in [0.2, 0.25) is 15.0 Å². The Morgan fingerprint density at radius 3 is 2.50 bits per heavy atom. The summed E-state index contributed by atoms with van der Waals surface area (Å²) < 4.78 is 27.9. The van der Waals surface area contributed by atoms with Crippen LogP contribution in [0.15, 0.2) is 23.6 Å². The van der Waals surface area contributed by atoms with Gasteiger partial charge in [0, 0.05) is 39.6 Å². The molecule has 3 rings (SSSR count). The van der Waals surface area contributed by atoms with E-state index in [4.69, 9.17) is 0 Å². The molecule has 2 aromatic rings. The average molecular weight is 323 g/mol. The quantitative estimate of drug-likeness (QED) is 0.777. The van der Waals surface area contributed by atoms with Crippen LogP contribution < -0.4 is 0 Å². The average Bonchev–Trinajstić information content (AvgIpc) is 2.93. The van der Waals surface area contributed by atoms with Gasteiger partial charge in [0.25, 0.3) is 5.91 Å². The summed E-state index contributed by atoms with van der Waals surface area (Å²) in [5, 5.41) is 3.57. The van der Waals surface area contributed by atoms with Gasteiger partial charge in [-0.3, -0.25) is 9.48 Å². The minimum absolute atomic E-state index is 0.0426. The van der Waals surface area contributed by atoms with Crippen molar-refractivity contribution in [3.8, 4) is 0 Å². The summed E-state index contributed by atoms with van der Waals surface area (Å²) in [5.74, 6) is -0.200. The number of likely N-dealkylation sites (tertiary alicyclic amines) is 1. The third-order valence-corrected chi connectivity index (χ3v) is 5.90. The van der Waals surface area contributed by atoms with E-state index in [0.29, 0.717) is 5.69 Å². The normalized spacial score (nSPS) is 15.9. The molecule has 9 heteroatoms. The topological polar surface area (TPSA) is 90.1 Å². The van der Waals surface area contributed by atoms with Crippen LogP contribution in [0.3, 0.4) is 0 Å². The zero-order valence-corrected chi connectivity index (χ0v) is 13.4. The van der Waals surface area contributed by atoms with Gasteiger partial charge in [0.1, 0.15) is 10.9 Å². The molecule has 1 fully saturated rings. The second-order valence-electron chi connectivity index (χ2n) is 5.49. The van der Waals surface area contributed by atoms with E-state index < -0.39 is 15.1 Å². The Balaban J connectivity index is 1.73. The highest BCUT2D eigenvalue weighted by Crippen LogP contribution is 2.24. The maximum absolute atomic E-state index is 12.4. The van der Waals surface area contributed by atoms with Gasteiger partial charge in [-0.25, -0.2) is 13.4 Å². The lowest BCUT2D eigenvalue weighted by molar-refractivity contribution is 0.0647. The van der Waals surface area contributed by atoms with E-state index in [1.165, 1.54) is 20.3 Å². The molecule has 1 aliphatic heterocycles. The van der Waals surface area contributed by atoms with Gasteiger partial charge in [-0.15, -0.1) is 0 Å². The molecule has 2 aromatic heterocycles. The Morgan fingerprint density at radius 2 is 2.00 bits per heavy atom. The number of aryl methyl sites for hydroxylation is 3. The first kappa shape index (κ1) is 14.8. The van der Waals surface area contributed by atoms with E-state index in [1.807, 2.05) is 0 Å². The fraction of sp³-hybridized carbons (Fsp3) is 0.462. The number of sulfone groups is 1. The number of aromatic nitrogens is 4. The van der Waals surface area contributed by atoms with Crippen molar-refractivity contribution < 1.29 is 13.2 Å². The maximum Gasteiger partial charge on any atom is 0.272 e. The molecule has 0 spiro atoms. The van der Waals surface area contributed by atoms with Gasteiger partial charge in [0.15, 0.2) is 0 Å². The first-order chi connectivity index (χ1) is 10.3. The summed E-state index contributed by atoms with van der Waals surface area (Å²) in [7, 11) is -0.172. The Kier molecular flexibility index (Phi) is 3.32. The Bertz CT molecular complexity index is 830. The summed E-state index contributed by atoms with van der Waals surface area (Å²) in [4.78, 5) is 17.7. The molecule has 0 aliphatic carbocycles. The molecule has 1 aliphatic rings. The van der Waals surface area contributed by atoms with Crippen molar-refractivity contribution in [3.63, 3.8) is 0 Å². The summed E-state index contributed by atoms with van der Waals surface area (Å²) in [5.41, 5.74) is 1.22. The van der Waals surface area contributed by atoms with Gasteiger partial charge < -0.3 is 9.47 Å². The van der Waals surface area contributed by atoms with Crippen molar-refractivity contribution in [1.82, 2.24) is 24.2 Å². The molecule has 1 amide bonds. The van der Waals surface area contributed by atoms with Gasteiger partial charge >= 0.3 is 0 Å². The molecular formula is C13H17N5O3S. The van der Waals surface area contributed by atoms with Crippen LogP contribution in [0.1, 0.15) is 16.2 Å². The number of imidazole rings is 1. The van der Waals surface area contributed by atoms with Crippen molar-refractivity contribution in [2.24, 2.45) is 14.1 Å². The minimum atomic E-state index is -3.51. The van der Waals surface area contributed by atoms with Crippen LogP contribution in [-0.2, 0) is 23.9 Å². The number of amides is 1. The van der Waals surface area contributed by atoms with E-state index in [9.17, 15) is 13.2 Å². The fourth-order valence-electron chi connectivity index (χ4n) is 2.55. The summed E-state index contributed by atoms with van der Waals surface area (Å²) >= 11 is 0. The molecule has 3 heterocycles. The van der Waals surface area contributed by atoms with Crippen LogP contribution in [0.4, 0.5) is 0 Å². The summed E-state index contributed by atoms with van der Waals surface area (Å²) in [6.45, 7) is 2.16. The van der Waals surface area contributed by atoms with Crippen LogP contribution in [0.2, 0.25) is 0 Å². The fourth-order valence-corrected chi connectivity index (χ4v) is 4.27. The highest BCUT2D eigenvalue weighted by molar-refractivity contribution is 7.92. The number of rotatable bonds is 3. The lowest BCUT2D eigenvalue weighted by Crippen LogP contribution is -2.57. The van der Waals surface area contributed by atoms with Crippen molar-refractivity contribution >= 4 is 15.7 Å². The number of carbonyl (C=O) groups excluding carboxylic acids is 1. The van der Waals surface area contributed by atoms with E-state index in [2.05, 4.69) is 10.1 Å².